The summed E-state index contributed by atoms with van der Waals surface area (Å²) in [6, 6.07) is 4.12. The number of fused-ring (bicyclic) bond motifs is 1. The molecule has 0 radical (unpaired) electrons. The number of ether oxygens (including phenoxy) is 2. The van der Waals surface area contributed by atoms with Gasteiger partial charge in [0.2, 0.25) is 5.95 Å². The molecule has 0 saturated heterocycles. The number of methoxy groups -OCH3 is 2. The van der Waals surface area contributed by atoms with Crippen molar-refractivity contribution >= 4 is 11.8 Å². The van der Waals surface area contributed by atoms with E-state index < -0.39 is 0 Å². The highest BCUT2D eigenvalue weighted by Crippen LogP contribution is 2.34. The largest absolute Gasteiger partial charge is 0.493 e. The monoisotopic (exact) mass is 357 g/mol. The SMILES string of the molecule is COc1cc2c(cc1OC)CN(c1cnnc(NCCC(C)C)n1)CC2. The van der Waals surface area contributed by atoms with Crippen LogP contribution in [0, 0.1) is 5.92 Å². The molecule has 1 aliphatic rings. The van der Waals surface area contributed by atoms with Gasteiger partial charge in [-0.25, -0.2) is 0 Å². The van der Waals surface area contributed by atoms with Crippen molar-refractivity contribution in [3.63, 3.8) is 0 Å². The molecule has 0 atom stereocenters. The van der Waals surface area contributed by atoms with Gasteiger partial charge >= 0.3 is 0 Å². The van der Waals surface area contributed by atoms with Crippen molar-refractivity contribution in [2.24, 2.45) is 5.92 Å². The molecule has 2 aromatic rings. The smallest absolute Gasteiger partial charge is 0.244 e. The molecule has 26 heavy (non-hydrogen) atoms. The average Bonchev–Trinajstić information content (AvgIpc) is 2.66. The Bertz CT molecular complexity index is 751. The van der Waals surface area contributed by atoms with Crippen LogP contribution in [0.2, 0.25) is 0 Å². The first-order valence-electron chi connectivity index (χ1n) is 9.03. The molecule has 0 unspecified atom stereocenters. The van der Waals surface area contributed by atoms with Crippen LogP contribution in [-0.4, -0.2) is 42.5 Å². The van der Waals surface area contributed by atoms with Crippen LogP contribution in [0.3, 0.4) is 0 Å². The molecule has 7 heteroatoms. The maximum absolute atomic E-state index is 5.43. The molecular weight excluding hydrogens is 330 g/mol. The highest BCUT2D eigenvalue weighted by molar-refractivity contribution is 5.52. The first-order chi connectivity index (χ1) is 12.6. The lowest BCUT2D eigenvalue weighted by molar-refractivity contribution is 0.353. The van der Waals surface area contributed by atoms with Crippen LogP contribution < -0.4 is 19.7 Å². The van der Waals surface area contributed by atoms with E-state index in [0.717, 1.165) is 49.8 Å². The Morgan fingerprint density at radius 1 is 1.15 bits per heavy atom. The zero-order chi connectivity index (χ0) is 18.5. The molecule has 1 aromatic heterocycles. The highest BCUT2D eigenvalue weighted by atomic mass is 16.5. The molecule has 1 aromatic carbocycles. The van der Waals surface area contributed by atoms with Gasteiger partial charge in [-0.2, -0.15) is 10.1 Å². The standard InChI is InChI=1S/C19H27N5O2/c1-13(2)5-7-20-19-22-18(11-21-23-19)24-8-6-14-9-16(25-3)17(26-4)10-15(14)12-24/h9-11,13H,5-8,12H2,1-4H3,(H,20,22,23). The van der Waals surface area contributed by atoms with Crippen molar-refractivity contribution < 1.29 is 9.47 Å². The van der Waals surface area contributed by atoms with Gasteiger partial charge in [0.1, 0.15) is 0 Å². The molecule has 1 N–H and O–H groups in total. The lowest BCUT2D eigenvalue weighted by Gasteiger charge is -2.30. The van der Waals surface area contributed by atoms with Gasteiger partial charge in [-0.1, -0.05) is 13.8 Å². The highest BCUT2D eigenvalue weighted by Gasteiger charge is 2.21. The van der Waals surface area contributed by atoms with Gasteiger partial charge in [0.05, 0.1) is 20.4 Å². The summed E-state index contributed by atoms with van der Waals surface area (Å²) >= 11 is 0. The second kappa shape index (κ2) is 8.21. The maximum Gasteiger partial charge on any atom is 0.244 e. The maximum atomic E-state index is 5.43. The molecule has 1 aliphatic heterocycles. The third-order valence-electron chi connectivity index (χ3n) is 4.59. The Hall–Kier alpha value is -2.57. The van der Waals surface area contributed by atoms with Crippen LogP contribution >= 0.6 is 0 Å². The van der Waals surface area contributed by atoms with Crippen LogP contribution in [0.4, 0.5) is 11.8 Å². The molecule has 0 spiro atoms. The minimum Gasteiger partial charge on any atom is -0.493 e. The summed E-state index contributed by atoms with van der Waals surface area (Å²) in [5.41, 5.74) is 2.51. The van der Waals surface area contributed by atoms with Gasteiger partial charge in [-0.15, -0.1) is 5.10 Å². The topological polar surface area (TPSA) is 72.4 Å². The van der Waals surface area contributed by atoms with Crippen LogP contribution in [-0.2, 0) is 13.0 Å². The number of rotatable bonds is 7. The molecule has 2 heterocycles. The lowest BCUT2D eigenvalue weighted by atomic mass is 9.99. The first-order valence-corrected chi connectivity index (χ1v) is 9.03. The van der Waals surface area contributed by atoms with Crippen molar-refractivity contribution in [3.8, 4) is 11.5 Å². The number of aromatic nitrogens is 3. The van der Waals surface area contributed by atoms with Crippen LogP contribution in [0.15, 0.2) is 18.3 Å². The number of hydrogen-bond acceptors (Lipinski definition) is 7. The zero-order valence-corrected chi connectivity index (χ0v) is 16.0. The summed E-state index contributed by atoms with van der Waals surface area (Å²) in [7, 11) is 3.33. The van der Waals surface area contributed by atoms with E-state index >= 15 is 0 Å². The van der Waals surface area contributed by atoms with E-state index in [1.807, 2.05) is 0 Å². The Balaban J connectivity index is 1.74. The number of anilines is 2. The Kier molecular flexibility index (Phi) is 5.75. The second-order valence-corrected chi connectivity index (χ2v) is 6.89. The fourth-order valence-electron chi connectivity index (χ4n) is 3.07. The normalized spacial score (nSPS) is 13.5. The van der Waals surface area contributed by atoms with E-state index in [0.29, 0.717) is 11.9 Å². The summed E-state index contributed by atoms with van der Waals surface area (Å²) in [5.74, 6) is 3.60. The van der Waals surface area contributed by atoms with E-state index in [4.69, 9.17) is 9.47 Å². The van der Waals surface area contributed by atoms with E-state index in [1.165, 1.54) is 11.1 Å². The van der Waals surface area contributed by atoms with E-state index in [9.17, 15) is 0 Å². The van der Waals surface area contributed by atoms with Gasteiger partial charge < -0.3 is 19.7 Å². The summed E-state index contributed by atoms with van der Waals surface area (Å²) in [6.07, 6.45) is 3.72. The van der Waals surface area contributed by atoms with Crippen molar-refractivity contribution in [3.05, 3.63) is 29.5 Å². The molecule has 0 fully saturated rings. The molecule has 0 aliphatic carbocycles. The van der Waals surface area contributed by atoms with Gasteiger partial charge in [0, 0.05) is 19.6 Å². The quantitative estimate of drug-likeness (QED) is 0.817. The molecule has 0 saturated carbocycles. The summed E-state index contributed by atoms with van der Waals surface area (Å²) in [4.78, 5) is 6.85. The molecule has 0 bridgehead atoms. The van der Waals surface area contributed by atoms with E-state index in [2.05, 4.69) is 51.4 Å². The van der Waals surface area contributed by atoms with Crippen molar-refractivity contribution in [1.29, 1.82) is 0 Å². The second-order valence-electron chi connectivity index (χ2n) is 6.89. The molecule has 7 nitrogen and oxygen atoms in total. The van der Waals surface area contributed by atoms with Gasteiger partial charge in [0.15, 0.2) is 17.3 Å². The summed E-state index contributed by atoms with van der Waals surface area (Å²) in [5, 5.41) is 11.5. The van der Waals surface area contributed by atoms with Gasteiger partial charge in [-0.3, -0.25) is 0 Å². The van der Waals surface area contributed by atoms with Crippen molar-refractivity contribution in [1.82, 2.24) is 15.2 Å². The van der Waals surface area contributed by atoms with Crippen molar-refractivity contribution in [2.75, 3.05) is 37.5 Å². The molecular formula is C19H27N5O2. The minimum absolute atomic E-state index is 0.584. The van der Waals surface area contributed by atoms with Crippen molar-refractivity contribution in [2.45, 2.75) is 33.2 Å². The molecule has 0 amide bonds. The Morgan fingerprint density at radius 3 is 2.58 bits per heavy atom. The van der Waals surface area contributed by atoms with Crippen LogP contribution in [0.1, 0.15) is 31.4 Å². The fourth-order valence-corrected chi connectivity index (χ4v) is 3.07. The Labute approximate surface area is 154 Å². The first kappa shape index (κ1) is 18.2. The van der Waals surface area contributed by atoms with E-state index in [1.54, 1.807) is 20.4 Å². The van der Waals surface area contributed by atoms with E-state index in [-0.39, 0.29) is 0 Å². The minimum atomic E-state index is 0.584. The third-order valence-corrected chi connectivity index (χ3v) is 4.59. The average molecular weight is 357 g/mol. The number of nitrogens with one attached hydrogen (secondary N) is 1. The van der Waals surface area contributed by atoms with Gasteiger partial charge in [-0.05, 0) is 42.0 Å². The third kappa shape index (κ3) is 4.15. The number of benzene rings is 1. The Morgan fingerprint density at radius 2 is 1.88 bits per heavy atom. The summed E-state index contributed by atoms with van der Waals surface area (Å²) < 4.78 is 10.8. The number of hydrogen-bond donors (Lipinski definition) is 1. The predicted octanol–water partition coefficient (Wildman–Crippen LogP) is 2.91. The molecule has 140 valence electrons. The van der Waals surface area contributed by atoms with Crippen LogP contribution in [0.5, 0.6) is 11.5 Å². The van der Waals surface area contributed by atoms with Crippen LogP contribution in [0.25, 0.3) is 0 Å². The fraction of sp³-hybridized carbons (Fsp3) is 0.526. The number of nitrogens with zero attached hydrogens (tertiary/aromatic N) is 4. The molecule has 3 rings (SSSR count). The zero-order valence-electron chi connectivity index (χ0n) is 16.0. The summed E-state index contributed by atoms with van der Waals surface area (Å²) in [6.45, 7) is 6.90. The predicted molar refractivity (Wildman–Crippen MR) is 102 cm³/mol. The lowest BCUT2D eigenvalue weighted by Crippen LogP contribution is -2.31. The van der Waals surface area contributed by atoms with Gasteiger partial charge in [0.25, 0.3) is 0 Å².